The van der Waals surface area contributed by atoms with E-state index in [2.05, 4.69) is 27.3 Å². The molecule has 2 aromatic carbocycles. The van der Waals surface area contributed by atoms with E-state index in [-0.39, 0.29) is 12.5 Å². The second-order valence-electron chi connectivity index (χ2n) is 9.15. The number of para-hydroxylation sites is 1. The molecule has 1 saturated heterocycles. The summed E-state index contributed by atoms with van der Waals surface area (Å²) < 4.78 is 13.4. The number of nitrogens with one attached hydrogen (secondary N) is 1. The molecule has 4 aromatic rings. The molecule has 5 rings (SSSR count). The molecular formula is C27H31N5O3. The van der Waals surface area contributed by atoms with Crippen molar-refractivity contribution in [1.29, 1.82) is 0 Å². The third-order valence-electron chi connectivity index (χ3n) is 6.48. The molecule has 0 saturated carbocycles. The lowest BCUT2D eigenvalue weighted by molar-refractivity contribution is -0.116. The highest BCUT2D eigenvalue weighted by molar-refractivity contribution is 5.96. The summed E-state index contributed by atoms with van der Waals surface area (Å²) in [5.41, 5.74) is 2.50. The van der Waals surface area contributed by atoms with Crippen molar-refractivity contribution >= 4 is 22.5 Å². The minimum atomic E-state index is -0.119. The molecule has 182 valence electrons. The van der Waals surface area contributed by atoms with Gasteiger partial charge >= 0.3 is 0 Å². The molecule has 0 radical (unpaired) electrons. The summed E-state index contributed by atoms with van der Waals surface area (Å²) in [6, 6.07) is 15.3. The number of aromatic nitrogens is 3. The first-order valence-corrected chi connectivity index (χ1v) is 12.2. The maximum Gasteiger partial charge on any atom is 0.249 e. The predicted octanol–water partition coefficient (Wildman–Crippen LogP) is 4.96. The van der Waals surface area contributed by atoms with Gasteiger partial charge in [-0.05, 0) is 69.1 Å². The Hall–Kier alpha value is -3.65. The first-order valence-electron chi connectivity index (χ1n) is 12.2. The fourth-order valence-electron chi connectivity index (χ4n) is 4.54. The molecule has 3 heterocycles. The number of hydrogen-bond donors (Lipinski definition) is 1. The Bertz CT molecular complexity index is 1290. The number of likely N-dealkylation sites (tertiary alicyclic amines) is 1. The third kappa shape index (κ3) is 5.38. The lowest BCUT2D eigenvalue weighted by atomic mass is 9.99. The van der Waals surface area contributed by atoms with E-state index in [1.165, 1.54) is 12.8 Å². The number of benzene rings is 2. The molecule has 1 aliphatic rings. The molecule has 1 aliphatic heterocycles. The number of nitrogens with zero attached hydrogens (tertiary/aromatic N) is 4. The zero-order chi connectivity index (χ0) is 24.2. The molecule has 8 heteroatoms. The molecule has 0 spiro atoms. The molecule has 1 amide bonds. The van der Waals surface area contributed by atoms with Crippen LogP contribution in [0.4, 0.5) is 5.69 Å². The van der Waals surface area contributed by atoms with E-state index in [0.717, 1.165) is 46.9 Å². The summed E-state index contributed by atoms with van der Waals surface area (Å²) in [6.45, 7) is 7.80. The highest BCUT2D eigenvalue weighted by atomic mass is 16.5. The SMILES string of the molecule is CCOc1ccc(NC(=O)Cn2cc(-c3nnc(CN4CCC(C)CC4)o3)c3ccccc32)cc1. The van der Waals surface area contributed by atoms with E-state index in [0.29, 0.717) is 24.9 Å². The van der Waals surface area contributed by atoms with Crippen LogP contribution in [0.2, 0.25) is 0 Å². The average Bonchev–Trinajstić information content (AvgIpc) is 3.47. The van der Waals surface area contributed by atoms with Crippen molar-refractivity contribution in [3.05, 3.63) is 60.6 Å². The number of piperidine rings is 1. The van der Waals surface area contributed by atoms with Crippen molar-refractivity contribution in [2.75, 3.05) is 25.0 Å². The minimum absolute atomic E-state index is 0.119. The quantitative estimate of drug-likeness (QED) is 0.389. The van der Waals surface area contributed by atoms with Gasteiger partial charge in [-0.1, -0.05) is 25.1 Å². The van der Waals surface area contributed by atoms with Gasteiger partial charge in [-0.25, -0.2) is 0 Å². The van der Waals surface area contributed by atoms with E-state index in [4.69, 9.17) is 9.15 Å². The van der Waals surface area contributed by atoms with Gasteiger partial charge in [0.25, 0.3) is 0 Å². The van der Waals surface area contributed by atoms with E-state index in [1.807, 2.05) is 66.2 Å². The van der Waals surface area contributed by atoms with Crippen LogP contribution >= 0.6 is 0 Å². The van der Waals surface area contributed by atoms with Crippen molar-refractivity contribution in [1.82, 2.24) is 19.7 Å². The van der Waals surface area contributed by atoms with Crippen LogP contribution in [0.5, 0.6) is 5.75 Å². The molecule has 2 aromatic heterocycles. The fourth-order valence-corrected chi connectivity index (χ4v) is 4.54. The maximum absolute atomic E-state index is 12.8. The van der Waals surface area contributed by atoms with Crippen molar-refractivity contribution < 1.29 is 13.9 Å². The minimum Gasteiger partial charge on any atom is -0.494 e. The summed E-state index contributed by atoms with van der Waals surface area (Å²) in [5, 5.41) is 12.6. The topological polar surface area (TPSA) is 85.4 Å². The lowest BCUT2D eigenvalue weighted by Gasteiger charge is -2.28. The van der Waals surface area contributed by atoms with Crippen LogP contribution < -0.4 is 10.1 Å². The van der Waals surface area contributed by atoms with E-state index in [9.17, 15) is 4.79 Å². The molecular weight excluding hydrogens is 442 g/mol. The van der Waals surface area contributed by atoms with Gasteiger partial charge in [-0.2, -0.15) is 0 Å². The molecule has 35 heavy (non-hydrogen) atoms. The number of carbonyl (C=O) groups excluding carboxylic acids is 1. The van der Waals surface area contributed by atoms with Gasteiger partial charge in [0.1, 0.15) is 12.3 Å². The Morgan fingerprint density at radius 2 is 1.89 bits per heavy atom. The van der Waals surface area contributed by atoms with Crippen LogP contribution in [-0.4, -0.2) is 45.3 Å². The Labute approximate surface area is 204 Å². The number of ether oxygens (including phenoxy) is 1. The van der Waals surface area contributed by atoms with Crippen LogP contribution in [0.25, 0.3) is 22.4 Å². The number of fused-ring (bicyclic) bond motifs is 1. The van der Waals surface area contributed by atoms with Crippen LogP contribution in [-0.2, 0) is 17.9 Å². The summed E-state index contributed by atoms with van der Waals surface area (Å²) in [4.78, 5) is 15.2. The lowest BCUT2D eigenvalue weighted by Crippen LogP contribution is -2.32. The number of carbonyl (C=O) groups is 1. The number of amides is 1. The molecule has 1 N–H and O–H groups in total. The average molecular weight is 474 g/mol. The van der Waals surface area contributed by atoms with Crippen molar-refractivity contribution in [3.8, 4) is 17.2 Å². The van der Waals surface area contributed by atoms with Crippen LogP contribution in [0.15, 0.2) is 59.1 Å². The van der Waals surface area contributed by atoms with Crippen LogP contribution in [0.3, 0.4) is 0 Å². The van der Waals surface area contributed by atoms with Crippen molar-refractivity contribution in [3.63, 3.8) is 0 Å². The van der Waals surface area contributed by atoms with E-state index >= 15 is 0 Å². The van der Waals surface area contributed by atoms with E-state index in [1.54, 1.807) is 0 Å². The first-order chi connectivity index (χ1) is 17.1. The molecule has 0 unspecified atom stereocenters. The highest BCUT2D eigenvalue weighted by Gasteiger charge is 2.20. The monoisotopic (exact) mass is 473 g/mol. The Balaban J connectivity index is 1.31. The van der Waals surface area contributed by atoms with Gasteiger partial charge < -0.3 is 19.0 Å². The smallest absolute Gasteiger partial charge is 0.249 e. The summed E-state index contributed by atoms with van der Waals surface area (Å²) >= 11 is 0. The number of anilines is 1. The molecule has 0 atom stereocenters. The maximum atomic E-state index is 12.8. The van der Waals surface area contributed by atoms with E-state index < -0.39 is 0 Å². The number of hydrogen-bond acceptors (Lipinski definition) is 6. The summed E-state index contributed by atoms with van der Waals surface area (Å²) in [7, 11) is 0. The zero-order valence-electron chi connectivity index (χ0n) is 20.2. The molecule has 0 aliphatic carbocycles. The van der Waals surface area contributed by atoms with Crippen molar-refractivity contribution in [2.45, 2.75) is 39.8 Å². The predicted molar refractivity (Wildman–Crippen MR) is 135 cm³/mol. The highest BCUT2D eigenvalue weighted by Crippen LogP contribution is 2.30. The van der Waals surface area contributed by atoms with Crippen LogP contribution in [0, 0.1) is 5.92 Å². The van der Waals surface area contributed by atoms with Crippen LogP contribution in [0.1, 0.15) is 32.6 Å². The molecule has 0 bridgehead atoms. The Morgan fingerprint density at radius 3 is 2.66 bits per heavy atom. The standard InChI is InChI=1S/C27H31N5O3/c1-3-34-21-10-8-20(9-11-21)28-25(33)17-32-16-23(22-6-4-5-7-24(22)32)27-30-29-26(35-27)18-31-14-12-19(2)13-15-31/h4-11,16,19H,3,12-15,17-18H2,1-2H3,(H,28,33). The summed E-state index contributed by atoms with van der Waals surface area (Å²) in [5.74, 6) is 2.54. The van der Waals surface area contributed by atoms with Gasteiger partial charge in [-0.3, -0.25) is 9.69 Å². The first kappa shape index (κ1) is 23.1. The Kier molecular flexibility index (Phi) is 6.81. The Morgan fingerprint density at radius 1 is 1.11 bits per heavy atom. The van der Waals surface area contributed by atoms with Gasteiger partial charge in [0.15, 0.2) is 0 Å². The zero-order valence-corrected chi connectivity index (χ0v) is 20.2. The second kappa shape index (κ2) is 10.3. The van der Waals surface area contributed by atoms with Crippen molar-refractivity contribution in [2.24, 2.45) is 5.92 Å². The van der Waals surface area contributed by atoms with Gasteiger partial charge in [0.05, 0.1) is 18.7 Å². The largest absolute Gasteiger partial charge is 0.494 e. The van der Waals surface area contributed by atoms with Gasteiger partial charge in [0, 0.05) is 22.8 Å². The summed E-state index contributed by atoms with van der Waals surface area (Å²) in [6.07, 6.45) is 4.32. The molecule has 8 nitrogen and oxygen atoms in total. The molecule has 1 fully saturated rings. The van der Waals surface area contributed by atoms with Gasteiger partial charge in [0.2, 0.25) is 17.7 Å². The normalized spacial score (nSPS) is 14.9. The fraction of sp³-hybridized carbons (Fsp3) is 0.370. The third-order valence-corrected chi connectivity index (χ3v) is 6.48. The second-order valence-corrected chi connectivity index (χ2v) is 9.15. The number of rotatable bonds is 8. The van der Waals surface area contributed by atoms with Gasteiger partial charge in [-0.15, -0.1) is 10.2 Å².